The Morgan fingerprint density at radius 2 is 2.00 bits per heavy atom. The van der Waals surface area contributed by atoms with Crippen molar-refractivity contribution in [2.24, 2.45) is 0 Å². The number of hydrogen-bond donors (Lipinski definition) is 1. The van der Waals surface area contributed by atoms with Gasteiger partial charge in [0, 0.05) is 31.9 Å². The number of nitrogens with one attached hydrogen (secondary N) is 1. The molecule has 1 aromatic carbocycles. The van der Waals surface area contributed by atoms with Crippen LogP contribution < -0.4 is 5.32 Å². The Balaban J connectivity index is 1.37. The van der Waals surface area contributed by atoms with Gasteiger partial charge < -0.3 is 9.84 Å². The predicted octanol–water partition coefficient (Wildman–Crippen LogP) is 3.82. The number of hydrogen-bond acceptors (Lipinski definition) is 6. The molecule has 2 aromatic heterocycles. The van der Waals surface area contributed by atoms with Gasteiger partial charge in [0.2, 0.25) is 0 Å². The van der Waals surface area contributed by atoms with Crippen LogP contribution in [0.4, 0.5) is 5.82 Å². The summed E-state index contributed by atoms with van der Waals surface area (Å²) in [6.45, 7) is 7.14. The number of likely N-dealkylation sites (tertiary alicyclic amines) is 1. The number of aromatic nitrogens is 3. The van der Waals surface area contributed by atoms with Gasteiger partial charge in [0.25, 0.3) is 5.89 Å². The minimum atomic E-state index is 0.399. The third-order valence-electron chi connectivity index (χ3n) is 4.98. The maximum absolute atomic E-state index is 5.32. The van der Waals surface area contributed by atoms with Crippen LogP contribution in [0, 0.1) is 13.8 Å². The molecule has 6 heteroatoms. The van der Waals surface area contributed by atoms with Crippen molar-refractivity contribution in [3.8, 4) is 11.5 Å². The van der Waals surface area contributed by atoms with Crippen molar-refractivity contribution in [3.05, 3.63) is 59.5 Å². The van der Waals surface area contributed by atoms with Crippen molar-refractivity contribution in [1.82, 2.24) is 20.0 Å². The molecule has 0 amide bonds. The number of aryl methyl sites for hydroxylation is 2. The fourth-order valence-corrected chi connectivity index (χ4v) is 3.60. The molecule has 0 bridgehead atoms. The summed E-state index contributed by atoms with van der Waals surface area (Å²) in [5.74, 6) is 1.96. The van der Waals surface area contributed by atoms with Crippen LogP contribution in [0.25, 0.3) is 11.5 Å². The van der Waals surface area contributed by atoms with Crippen LogP contribution in [0.1, 0.15) is 29.8 Å². The Morgan fingerprint density at radius 3 is 2.74 bits per heavy atom. The minimum absolute atomic E-state index is 0.399. The summed E-state index contributed by atoms with van der Waals surface area (Å²) in [5.41, 5.74) is 3.57. The largest absolute Gasteiger partial charge is 0.367 e. The highest BCUT2D eigenvalue weighted by Gasteiger charge is 2.21. The third kappa shape index (κ3) is 4.34. The van der Waals surface area contributed by atoms with Gasteiger partial charge >= 0.3 is 0 Å². The van der Waals surface area contributed by atoms with E-state index in [0.29, 0.717) is 17.8 Å². The van der Waals surface area contributed by atoms with Gasteiger partial charge in [0.1, 0.15) is 5.82 Å². The molecule has 0 aliphatic carbocycles. The Hall–Kier alpha value is -2.73. The molecule has 3 aromatic rings. The van der Waals surface area contributed by atoms with E-state index < -0.39 is 0 Å². The number of pyridine rings is 1. The molecule has 0 saturated carbocycles. The highest BCUT2D eigenvalue weighted by Crippen LogP contribution is 2.26. The van der Waals surface area contributed by atoms with Crippen LogP contribution in [0.3, 0.4) is 0 Å². The number of piperidine rings is 1. The third-order valence-corrected chi connectivity index (χ3v) is 4.98. The number of nitrogens with zero attached hydrogens (tertiary/aromatic N) is 4. The van der Waals surface area contributed by atoms with Gasteiger partial charge in [-0.2, -0.15) is 4.98 Å². The Bertz CT molecular complexity index is 899. The zero-order valence-corrected chi connectivity index (χ0v) is 15.9. The van der Waals surface area contributed by atoms with E-state index in [2.05, 4.69) is 56.5 Å². The number of benzene rings is 1. The van der Waals surface area contributed by atoms with Gasteiger partial charge in [-0.3, -0.25) is 4.90 Å². The van der Waals surface area contributed by atoms with E-state index >= 15 is 0 Å². The quantitative estimate of drug-likeness (QED) is 0.743. The maximum atomic E-state index is 5.32. The van der Waals surface area contributed by atoms with E-state index in [1.165, 1.54) is 11.1 Å². The summed E-state index contributed by atoms with van der Waals surface area (Å²) in [6.07, 6.45) is 3.97. The summed E-state index contributed by atoms with van der Waals surface area (Å²) >= 11 is 0. The predicted molar refractivity (Wildman–Crippen MR) is 105 cm³/mol. The Kier molecular flexibility index (Phi) is 5.16. The lowest BCUT2D eigenvalue weighted by atomic mass is 10.0. The van der Waals surface area contributed by atoms with E-state index in [9.17, 15) is 0 Å². The monoisotopic (exact) mass is 363 g/mol. The molecule has 1 fully saturated rings. The average molecular weight is 363 g/mol. The normalized spacial score (nSPS) is 15.8. The van der Waals surface area contributed by atoms with Gasteiger partial charge in [-0.15, -0.1) is 0 Å². The molecule has 1 aliphatic heterocycles. The number of anilines is 1. The Labute approximate surface area is 159 Å². The zero-order chi connectivity index (χ0) is 18.6. The summed E-state index contributed by atoms with van der Waals surface area (Å²) in [6, 6.07) is 13.0. The standard InChI is InChI=1S/C21H25N5O/c1-15-5-3-6-17(13-15)14-26-11-8-18(9-12-26)24-20-19(7-4-10-22-20)21-23-16(2)25-27-21/h3-7,10,13,18H,8-9,11-12,14H2,1-2H3,(H,22,24). The molecule has 6 nitrogen and oxygen atoms in total. The molecular weight excluding hydrogens is 338 g/mol. The topological polar surface area (TPSA) is 67.1 Å². The fraction of sp³-hybridized carbons (Fsp3) is 0.381. The molecule has 0 unspecified atom stereocenters. The summed E-state index contributed by atoms with van der Waals surface area (Å²) in [7, 11) is 0. The van der Waals surface area contributed by atoms with E-state index in [4.69, 9.17) is 4.52 Å². The average Bonchev–Trinajstić information content (AvgIpc) is 3.10. The van der Waals surface area contributed by atoms with Crippen molar-refractivity contribution < 1.29 is 4.52 Å². The second-order valence-electron chi connectivity index (χ2n) is 7.23. The van der Waals surface area contributed by atoms with Crippen molar-refractivity contribution in [1.29, 1.82) is 0 Å². The Morgan fingerprint density at radius 1 is 1.15 bits per heavy atom. The molecule has 0 spiro atoms. The van der Waals surface area contributed by atoms with Crippen LogP contribution in [0.15, 0.2) is 47.1 Å². The zero-order valence-electron chi connectivity index (χ0n) is 15.9. The molecule has 140 valence electrons. The smallest absolute Gasteiger partial charge is 0.261 e. The van der Waals surface area contributed by atoms with Gasteiger partial charge in [-0.25, -0.2) is 4.98 Å². The molecule has 3 heterocycles. The molecule has 1 aliphatic rings. The van der Waals surface area contributed by atoms with E-state index in [1.54, 1.807) is 6.20 Å². The van der Waals surface area contributed by atoms with Crippen LogP contribution >= 0.6 is 0 Å². The van der Waals surface area contributed by atoms with Crippen molar-refractivity contribution >= 4 is 5.82 Å². The van der Waals surface area contributed by atoms with Gasteiger partial charge in [0.15, 0.2) is 5.82 Å². The summed E-state index contributed by atoms with van der Waals surface area (Å²) < 4.78 is 5.32. The van der Waals surface area contributed by atoms with Crippen molar-refractivity contribution in [2.75, 3.05) is 18.4 Å². The van der Waals surface area contributed by atoms with Crippen LogP contribution in [0.5, 0.6) is 0 Å². The van der Waals surface area contributed by atoms with Gasteiger partial charge in [-0.05, 0) is 44.4 Å². The lowest BCUT2D eigenvalue weighted by Crippen LogP contribution is -2.38. The molecule has 4 rings (SSSR count). The van der Waals surface area contributed by atoms with Gasteiger partial charge in [-0.1, -0.05) is 35.0 Å². The first-order valence-electron chi connectivity index (χ1n) is 9.47. The second-order valence-corrected chi connectivity index (χ2v) is 7.23. The van der Waals surface area contributed by atoms with Crippen molar-refractivity contribution in [2.45, 2.75) is 39.3 Å². The molecule has 1 saturated heterocycles. The molecular formula is C21H25N5O. The first-order valence-corrected chi connectivity index (χ1v) is 9.47. The lowest BCUT2D eigenvalue weighted by Gasteiger charge is -2.32. The van der Waals surface area contributed by atoms with Crippen LogP contribution in [-0.2, 0) is 6.54 Å². The van der Waals surface area contributed by atoms with Crippen molar-refractivity contribution in [3.63, 3.8) is 0 Å². The fourth-order valence-electron chi connectivity index (χ4n) is 3.60. The van der Waals surface area contributed by atoms with E-state index in [-0.39, 0.29) is 0 Å². The van der Waals surface area contributed by atoms with Crippen LogP contribution in [0.2, 0.25) is 0 Å². The van der Waals surface area contributed by atoms with Gasteiger partial charge in [0.05, 0.1) is 5.56 Å². The minimum Gasteiger partial charge on any atom is -0.367 e. The maximum Gasteiger partial charge on any atom is 0.261 e. The SMILES string of the molecule is Cc1cccc(CN2CCC(Nc3ncccc3-c3nc(C)no3)CC2)c1. The molecule has 1 N–H and O–H groups in total. The summed E-state index contributed by atoms with van der Waals surface area (Å²) in [5, 5.41) is 7.47. The van der Waals surface area contributed by atoms with E-state index in [0.717, 1.165) is 43.9 Å². The van der Waals surface area contributed by atoms with Crippen LogP contribution in [-0.4, -0.2) is 39.2 Å². The molecule has 0 atom stereocenters. The molecule has 27 heavy (non-hydrogen) atoms. The first-order chi connectivity index (χ1) is 13.2. The van der Waals surface area contributed by atoms with E-state index in [1.807, 2.05) is 19.1 Å². The lowest BCUT2D eigenvalue weighted by molar-refractivity contribution is 0.211. The second kappa shape index (κ2) is 7.88. The first kappa shape index (κ1) is 17.7. The summed E-state index contributed by atoms with van der Waals surface area (Å²) in [4.78, 5) is 11.4. The highest BCUT2D eigenvalue weighted by atomic mass is 16.5. The number of rotatable bonds is 5. The highest BCUT2D eigenvalue weighted by molar-refractivity contribution is 5.68. The molecule has 0 radical (unpaired) electrons.